The van der Waals surface area contributed by atoms with Crippen molar-refractivity contribution in [1.82, 2.24) is 10.2 Å². The minimum atomic E-state index is -0.249. The van der Waals surface area contributed by atoms with Crippen molar-refractivity contribution in [3.05, 3.63) is 0 Å². The fourth-order valence-corrected chi connectivity index (χ4v) is 0.470. The van der Waals surface area contributed by atoms with Gasteiger partial charge in [0.15, 0.2) is 0 Å². The van der Waals surface area contributed by atoms with E-state index in [1.54, 1.807) is 7.05 Å². The highest BCUT2D eigenvalue weighted by molar-refractivity contribution is 5.74. The highest BCUT2D eigenvalue weighted by Crippen LogP contribution is 1.80. The Labute approximate surface area is 66.8 Å². The van der Waals surface area contributed by atoms with Crippen molar-refractivity contribution < 1.29 is 4.79 Å². The van der Waals surface area contributed by atoms with Gasteiger partial charge >= 0.3 is 6.03 Å². The first-order chi connectivity index (χ1) is 5.22. The summed E-state index contributed by atoms with van der Waals surface area (Å²) in [5.74, 6) is 4.62. The van der Waals surface area contributed by atoms with E-state index in [1.807, 2.05) is 0 Å². The molecule has 0 rings (SSSR count). The lowest BCUT2D eigenvalue weighted by Crippen LogP contribution is -2.37. The van der Waals surface area contributed by atoms with Crippen LogP contribution in [0.15, 0.2) is 0 Å². The summed E-state index contributed by atoms with van der Waals surface area (Å²) in [6, 6.07) is -0.249. The molecule has 11 heavy (non-hydrogen) atoms. The number of rotatable bonds is 2. The Balaban J connectivity index is 3.68. The first kappa shape index (κ1) is 9.39. The third-order valence-electron chi connectivity index (χ3n) is 1.02. The van der Waals surface area contributed by atoms with E-state index in [0.29, 0.717) is 0 Å². The molecule has 0 saturated carbocycles. The molecule has 0 aromatic carbocycles. The van der Waals surface area contributed by atoms with Gasteiger partial charge in [0, 0.05) is 7.05 Å². The molecule has 0 atom stereocenters. The number of terminal acetylenes is 2. The van der Waals surface area contributed by atoms with E-state index in [9.17, 15) is 4.79 Å². The fraction of sp³-hybridized carbons (Fsp3) is 0.375. The van der Waals surface area contributed by atoms with E-state index in [4.69, 9.17) is 12.8 Å². The second kappa shape index (κ2) is 5.20. The topological polar surface area (TPSA) is 32.3 Å². The maximum absolute atomic E-state index is 10.9. The number of hydrogen-bond donors (Lipinski definition) is 1. The van der Waals surface area contributed by atoms with Crippen LogP contribution in [-0.4, -0.2) is 31.1 Å². The molecule has 0 fully saturated rings. The molecule has 0 aromatic rings. The standard InChI is InChI=1S/C8H10N2O/c1-4-6-9-8(11)10(3)7-5-2/h1-2H,6-7H2,3H3,(H,9,11). The molecule has 0 radical (unpaired) electrons. The highest BCUT2D eigenvalue weighted by atomic mass is 16.2. The third kappa shape index (κ3) is 3.89. The van der Waals surface area contributed by atoms with Crippen molar-refractivity contribution in [3.8, 4) is 24.7 Å². The van der Waals surface area contributed by atoms with Crippen LogP contribution in [0.1, 0.15) is 0 Å². The van der Waals surface area contributed by atoms with Gasteiger partial charge in [-0.25, -0.2) is 4.79 Å². The summed E-state index contributed by atoms with van der Waals surface area (Å²) < 4.78 is 0. The molecule has 0 aliphatic heterocycles. The van der Waals surface area contributed by atoms with Gasteiger partial charge in [-0.3, -0.25) is 0 Å². The zero-order valence-electron chi connectivity index (χ0n) is 6.42. The fourth-order valence-electron chi connectivity index (χ4n) is 0.470. The zero-order chi connectivity index (χ0) is 8.69. The summed E-state index contributed by atoms with van der Waals surface area (Å²) in [6.45, 7) is 0.518. The predicted molar refractivity (Wildman–Crippen MR) is 43.7 cm³/mol. The molecule has 0 aliphatic carbocycles. The van der Waals surface area contributed by atoms with E-state index in [0.717, 1.165) is 0 Å². The number of hydrogen-bond acceptors (Lipinski definition) is 1. The molecule has 0 bridgehead atoms. The van der Waals surface area contributed by atoms with E-state index in [2.05, 4.69) is 17.2 Å². The summed E-state index contributed by atoms with van der Waals surface area (Å²) in [5.41, 5.74) is 0. The smallest absolute Gasteiger partial charge is 0.318 e. The molecule has 3 nitrogen and oxygen atoms in total. The Kier molecular flexibility index (Phi) is 4.44. The molecule has 0 heterocycles. The van der Waals surface area contributed by atoms with Crippen LogP contribution in [0.3, 0.4) is 0 Å². The van der Waals surface area contributed by atoms with Crippen molar-refractivity contribution >= 4 is 6.03 Å². The number of carbonyl (C=O) groups is 1. The number of carbonyl (C=O) groups excluding carboxylic acids is 1. The normalized spacial score (nSPS) is 7.55. The molecular weight excluding hydrogens is 140 g/mol. The number of nitrogens with one attached hydrogen (secondary N) is 1. The molecule has 1 N–H and O–H groups in total. The lowest BCUT2D eigenvalue weighted by atomic mass is 10.6. The quantitative estimate of drug-likeness (QED) is 0.547. The van der Waals surface area contributed by atoms with Crippen LogP contribution < -0.4 is 5.32 Å². The van der Waals surface area contributed by atoms with Crippen molar-refractivity contribution in [1.29, 1.82) is 0 Å². The Morgan fingerprint density at radius 3 is 2.64 bits per heavy atom. The first-order valence-corrected chi connectivity index (χ1v) is 3.08. The Bertz CT molecular complexity index is 209. The summed E-state index contributed by atoms with van der Waals surface area (Å²) in [5, 5.41) is 2.47. The highest BCUT2D eigenvalue weighted by Gasteiger charge is 2.03. The van der Waals surface area contributed by atoms with Crippen LogP contribution in [-0.2, 0) is 0 Å². The SMILES string of the molecule is C#CCNC(=O)N(C)CC#C. The summed E-state index contributed by atoms with van der Waals surface area (Å²) in [4.78, 5) is 12.3. The van der Waals surface area contributed by atoms with E-state index < -0.39 is 0 Å². The van der Waals surface area contributed by atoms with Gasteiger partial charge in [-0.05, 0) is 0 Å². The molecule has 0 saturated heterocycles. The van der Waals surface area contributed by atoms with Crippen LogP contribution in [0.5, 0.6) is 0 Å². The monoisotopic (exact) mass is 150 g/mol. The second-order valence-electron chi connectivity index (χ2n) is 1.92. The lowest BCUT2D eigenvalue weighted by Gasteiger charge is -2.12. The van der Waals surface area contributed by atoms with Crippen LogP contribution in [0.2, 0.25) is 0 Å². The molecule has 0 aromatic heterocycles. The minimum absolute atomic E-state index is 0.230. The zero-order valence-corrected chi connectivity index (χ0v) is 6.42. The first-order valence-electron chi connectivity index (χ1n) is 3.08. The van der Waals surface area contributed by atoms with Gasteiger partial charge in [0.1, 0.15) is 0 Å². The summed E-state index contributed by atoms with van der Waals surface area (Å²) >= 11 is 0. The van der Waals surface area contributed by atoms with Crippen LogP contribution in [0.25, 0.3) is 0 Å². The van der Waals surface area contributed by atoms with E-state index in [1.165, 1.54) is 4.90 Å². The Hall–Kier alpha value is -1.61. The predicted octanol–water partition coefficient (Wildman–Crippen LogP) is -0.106. The van der Waals surface area contributed by atoms with Gasteiger partial charge in [0.2, 0.25) is 0 Å². The Morgan fingerprint density at radius 1 is 1.55 bits per heavy atom. The average molecular weight is 150 g/mol. The van der Waals surface area contributed by atoms with Crippen molar-refractivity contribution in [3.63, 3.8) is 0 Å². The van der Waals surface area contributed by atoms with E-state index in [-0.39, 0.29) is 19.1 Å². The van der Waals surface area contributed by atoms with Crippen molar-refractivity contribution in [2.75, 3.05) is 20.1 Å². The summed E-state index contributed by atoms with van der Waals surface area (Å²) in [6.07, 6.45) is 9.91. The number of nitrogens with zero attached hydrogens (tertiary/aromatic N) is 1. The van der Waals surface area contributed by atoms with Crippen molar-refractivity contribution in [2.24, 2.45) is 0 Å². The van der Waals surface area contributed by atoms with Crippen molar-refractivity contribution in [2.45, 2.75) is 0 Å². The molecule has 3 heteroatoms. The second-order valence-corrected chi connectivity index (χ2v) is 1.92. The minimum Gasteiger partial charge on any atom is -0.327 e. The molecule has 2 amide bonds. The maximum Gasteiger partial charge on any atom is 0.318 e. The molecular formula is C8H10N2O. The Morgan fingerprint density at radius 2 is 2.18 bits per heavy atom. The van der Waals surface area contributed by atoms with Gasteiger partial charge in [0.25, 0.3) is 0 Å². The van der Waals surface area contributed by atoms with Gasteiger partial charge < -0.3 is 10.2 Å². The molecule has 58 valence electrons. The lowest BCUT2D eigenvalue weighted by molar-refractivity contribution is 0.215. The molecule has 0 spiro atoms. The van der Waals surface area contributed by atoms with Gasteiger partial charge in [-0.1, -0.05) is 11.8 Å². The third-order valence-corrected chi connectivity index (χ3v) is 1.02. The largest absolute Gasteiger partial charge is 0.327 e. The summed E-state index contributed by atoms with van der Waals surface area (Å²) in [7, 11) is 1.60. The molecule has 0 aliphatic rings. The van der Waals surface area contributed by atoms with Crippen LogP contribution >= 0.6 is 0 Å². The maximum atomic E-state index is 10.9. The average Bonchev–Trinajstić information content (AvgIpc) is 2.00. The van der Waals surface area contributed by atoms with Gasteiger partial charge in [-0.2, -0.15) is 0 Å². The number of urea groups is 1. The van der Waals surface area contributed by atoms with Gasteiger partial charge in [-0.15, -0.1) is 12.8 Å². The van der Waals surface area contributed by atoms with Gasteiger partial charge in [0.05, 0.1) is 13.1 Å². The van der Waals surface area contributed by atoms with Crippen LogP contribution in [0.4, 0.5) is 4.79 Å². The molecule has 0 unspecified atom stereocenters. The van der Waals surface area contributed by atoms with Crippen LogP contribution in [0, 0.1) is 24.7 Å². The number of amides is 2. The van der Waals surface area contributed by atoms with E-state index >= 15 is 0 Å².